The van der Waals surface area contributed by atoms with E-state index in [9.17, 15) is 19.2 Å². The number of esters is 2. The molecule has 4 aromatic carbocycles. The van der Waals surface area contributed by atoms with Crippen LogP contribution in [-0.2, 0) is 35.1 Å². The average molecular weight is 729 g/mol. The van der Waals surface area contributed by atoms with Crippen molar-refractivity contribution in [2.24, 2.45) is 0 Å². The molecule has 0 aliphatic carbocycles. The number of carboxylic acid groups (broad SMARTS) is 2. The molecule has 0 spiro atoms. The van der Waals surface area contributed by atoms with Gasteiger partial charge in [0.05, 0.1) is 0 Å². The van der Waals surface area contributed by atoms with E-state index in [1.165, 1.54) is 23.5 Å². The van der Waals surface area contributed by atoms with Crippen molar-refractivity contribution in [2.75, 3.05) is 24.7 Å². The summed E-state index contributed by atoms with van der Waals surface area (Å²) in [6.45, 7) is 0.161. The first kappa shape index (κ1) is 38.3. The molecule has 2 atom stereocenters. The van der Waals surface area contributed by atoms with Gasteiger partial charge in [-0.15, -0.1) is 23.5 Å². The van der Waals surface area contributed by atoms with Crippen molar-refractivity contribution in [1.29, 1.82) is 0 Å². The van der Waals surface area contributed by atoms with Crippen LogP contribution in [0.3, 0.4) is 0 Å². The van der Waals surface area contributed by atoms with E-state index >= 15 is 0 Å². The Morgan fingerprint density at radius 3 is 1.25 bits per heavy atom. The summed E-state index contributed by atoms with van der Waals surface area (Å²) in [4.78, 5) is 47.9. The van der Waals surface area contributed by atoms with E-state index in [4.69, 9.17) is 29.2 Å². The first-order valence-corrected chi connectivity index (χ1v) is 17.7. The van der Waals surface area contributed by atoms with E-state index in [2.05, 4.69) is 0 Å². The Labute approximate surface area is 304 Å². The second-order valence-corrected chi connectivity index (χ2v) is 13.0. The number of ether oxygens (including phenoxy) is 4. The number of carbonyl (C=O) groups is 4. The van der Waals surface area contributed by atoms with Gasteiger partial charge in [-0.25, -0.2) is 19.2 Å². The average Bonchev–Trinajstić information content (AvgIpc) is 3.14. The number of hydrogen-bond donors (Lipinski definition) is 2. The van der Waals surface area contributed by atoms with E-state index < -0.39 is 36.1 Å². The molecule has 0 bridgehead atoms. The van der Waals surface area contributed by atoms with Gasteiger partial charge in [-0.05, 0) is 66.1 Å². The van der Waals surface area contributed by atoms with Gasteiger partial charge in [0.2, 0.25) is 0 Å². The van der Waals surface area contributed by atoms with Gasteiger partial charge in [-0.1, -0.05) is 60.7 Å². The van der Waals surface area contributed by atoms with Gasteiger partial charge in [0.15, 0.2) is 0 Å². The highest BCUT2D eigenvalue weighted by atomic mass is 32.2. The lowest BCUT2D eigenvalue weighted by molar-refractivity contribution is -0.144. The van der Waals surface area contributed by atoms with Crippen LogP contribution in [0, 0.1) is 0 Å². The smallest absolute Gasteiger partial charge is 0.331 e. The van der Waals surface area contributed by atoms with Crippen molar-refractivity contribution < 1.29 is 48.3 Å². The molecule has 10 nitrogen and oxygen atoms in total. The minimum Gasteiger partial charge on any atom is -0.490 e. The third-order valence-corrected chi connectivity index (χ3v) is 9.06. The van der Waals surface area contributed by atoms with Crippen LogP contribution >= 0.6 is 23.5 Å². The summed E-state index contributed by atoms with van der Waals surface area (Å²) in [6, 6.07) is 34.4. The summed E-state index contributed by atoms with van der Waals surface area (Å²) >= 11 is 2.99. The molecule has 0 aliphatic heterocycles. The predicted octanol–water partition coefficient (Wildman–Crippen LogP) is 6.72. The van der Waals surface area contributed by atoms with E-state index in [0.29, 0.717) is 29.4 Å². The van der Waals surface area contributed by atoms with Crippen LogP contribution in [-0.4, -0.2) is 71.0 Å². The maximum Gasteiger partial charge on any atom is 0.331 e. The lowest BCUT2D eigenvalue weighted by Crippen LogP contribution is -2.27. The Balaban J connectivity index is 1.28. The zero-order valence-electron chi connectivity index (χ0n) is 27.4. The number of aliphatic carboxylic acids is 2. The fraction of sp³-hybridized carbons (Fsp3) is 0.179. The van der Waals surface area contributed by atoms with Crippen molar-refractivity contribution in [1.82, 2.24) is 0 Å². The molecule has 0 amide bonds. The summed E-state index contributed by atoms with van der Waals surface area (Å²) in [5.74, 6) is -1.99. The Morgan fingerprint density at radius 2 is 0.902 bits per heavy atom. The summed E-state index contributed by atoms with van der Waals surface area (Å²) in [7, 11) is 0. The molecule has 0 fully saturated rings. The Bertz CT molecular complexity index is 1630. The van der Waals surface area contributed by atoms with Crippen LogP contribution in [0.5, 0.6) is 11.5 Å². The van der Waals surface area contributed by atoms with Crippen LogP contribution in [0.4, 0.5) is 0 Å². The minimum atomic E-state index is -1.24. The summed E-state index contributed by atoms with van der Waals surface area (Å²) in [5, 5.41) is 17.6. The molecule has 0 aliphatic rings. The molecule has 0 saturated heterocycles. The summed E-state index contributed by atoms with van der Waals surface area (Å²) in [5.41, 5.74) is 2.08. The monoisotopic (exact) mass is 728 g/mol. The maximum absolute atomic E-state index is 12.2. The molecule has 0 saturated carbocycles. The number of rotatable bonds is 20. The normalized spacial score (nSPS) is 12.2. The fourth-order valence-corrected chi connectivity index (χ4v) is 6.14. The zero-order valence-corrected chi connectivity index (χ0v) is 29.0. The van der Waals surface area contributed by atoms with Crippen LogP contribution < -0.4 is 9.47 Å². The maximum atomic E-state index is 12.2. The molecule has 264 valence electrons. The van der Waals surface area contributed by atoms with Crippen molar-refractivity contribution in [3.05, 3.63) is 145 Å². The molecule has 51 heavy (non-hydrogen) atoms. The van der Waals surface area contributed by atoms with Crippen LogP contribution in [0.1, 0.15) is 11.1 Å². The lowest BCUT2D eigenvalue weighted by atomic mass is 10.0. The fourth-order valence-electron chi connectivity index (χ4n) is 4.35. The third-order valence-electron chi connectivity index (χ3n) is 6.77. The molecule has 0 heterocycles. The van der Waals surface area contributed by atoms with Crippen molar-refractivity contribution in [2.45, 2.75) is 28.4 Å². The van der Waals surface area contributed by atoms with Gasteiger partial charge in [0.25, 0.3) is 0 Å². The van der Waals surface area contributed by atoms with Gasteiger partial charge in [-0.2, -0.15) is 0 Å². The largest absolute Gasteiger partial charge is 0.490 e. The number of carbonyl (C=O) groups excluding carboxylic acids is 2. The number of hydrogen-bond acceptors (Lipinski definition) is 10. The first-order chi connectivity index (χ1) is 24.7. The van der Waals surface area contributed by atoms with Crippen LogP contribution in [0.15, 0.2) is 143 Å². The molecule has 4 aromatic rings. The van der Waals surface area contributed by atoms with Crippen LogP contribution in [0.25, 0.3) is 0 Å². The number of carboxylic acids is 2. The van der Waals surface area contributed by atoms with Gasteiger partial charge in [0, 0.05) is 45.6 Å². The summed E-state index contributed by atoms with van der Waals surface area (Å²) in [6.07, 6.45) is 2.62. The summed E-state index contributed by atoms with van der Waals surface area (Å²) < 4.78 is 22.8. The Kier molecular flexibility index (Phi) is 15.7. The molecule has 2 unspecified atom stereocenters. The number of benzene rings is 4. The second kappa shape index (κ2) is 20.9. The van der Waals surface area contributed by atoms with Crippen molar-refractivity contribution >= 4 is 47.4 Å². The standard InChI is InChI=1S/C39H36O10S2/c40-36(41)19-21-38(44)48-32(26-50-34-7-3-1-4-8-34)24-46-30-15-11-28(12-16-30)23-29-13-17-31(18-14-29)47-25-33(49-39(45)22-20-37(42)43)27-51-35-9-5-2-6-10-35/h1-22,32-33H,23-27H2,(H,40,41)(H,42,43)/b21-19+,22-20+. The Hall–Kier alpha value is -5.46. The molecule has 0 radical (unpaired) electrons. The molecular weight excluding hydrogens is 693 g/mol. The van der Waals surface area contributed by atoms with Gasteiger partial charge >= 0.3 is 23.9 Å². The zero-order chi connectivity index (χ0) is 36.3. The topological polar surface area (TPSA) is 146 Å². The van der Waals surface area contributed by atoms with Crippen molar-refractivity contribution in [3.8, 4) is 11.5 Å². The van der Waals surface area contributed by atoms with Crippen molar-refractivity contribution in [3.63, 3.8) is 0 Å². The highest BCUT2D eigenvalue weighted by molar-refractivity contribution is 7.99. The van der Waals surface area contributed by atoms with E-state index in [1.54, 1.807) is 0 Å². The highest BCUT2D eigenvalue weighted by Gasteiger charge is 2.17. The van der Waals surface area contributed by atoms with Gasteiger partial charge in [0.1, 0.15) is 36.9 Å². The number of thioether (sulfide) groups is 2. The molecule has 12 heteroatoms. The molecule has 0 aromatic heterocycles. The molecular formula is C39H36O10S2. The Morgan fingerprint density at radius 1 is 0.529 bits per heavy atom. The van der Waals surface area contributed by atoms with E-state index in [0.717, 1.165) is 45.2 Å². The SMILES string of the molecule is O=C(O)/C=C/C(=O)OC(COc1ccc(Cc2ccc(OCC(CSc3ccccc3)OC(=O)/C=C/C(=O)O)cc2)cc1)CSc1ccccc1. The van der Waals surface area contributed by atoms with Gasteiger partial charge in [-0.3, -0.25) is 0 Å². The molecule has 2 N–H and O–H groups in total. The van der Waals surface area contributed by atoms with E-state index in [1.807, 2.05) is 109 Å². The molecule has 4 rings (SSSR count). The second-order valence-electron chi connectivity index (χ2n) is 10.8. The van der Waals surface area contributed by atoms with Gasteiger partial charge < -0.3 is 29.2 Å². The third kappa shape index (κ3) is 15.3. The first-order valence-electron chi connectivity index (χ1n) is 15.7. The quantitative estimate of drug-likeness (QED) is 0.0566. The minimum absolute atomic E-state index is 0.0807. The van der Waals surface area contributed by atoms with Crippen LogP contribution in [0.2, 0.25) is 0 Å². The predicted molar refractivity (Wildman–Crippen MR) is 194 cm³/mol. The highest BCUT2D eigenvalue weighted by Crippen LogP contribution is 2.23. The van der Waals surface area contributed by atoms with E-state index in [-0.39, 0.29) is 13.2 Å². The lowest BCUT2D eigenvalue weighted by Gasteiger charge is -2.18.